The van der Waals surface area contributed by atoms with Gasteiger partial charge in [0, 0.05) is 0 Å². The quantitative estimate of drug-likeness (QED) is 0.290. The topological polar surface area (TPSA) is 26.3 Å². The summed E-state index contributed by atoms with van der Waals surface area (Å²) in [6.45, 7) is 8.53. The predicted molar refractivity (Wildman–Crippen MR) is 111 cm³/mol. The second-order valence-electron chi connectivity index (χ2n) is 6.73. The highest BCUT2D eigenvalue weighted by molar-refractivity contribution is 5.90. The lowest BCUT2D eigenvalue weighted by atomic mass is 9.86. The Kier molecular flexibility index (Phi) is 11.1. The number of benzene rings is 1. The van der Waals surface area contributed by atoms with E-state index in [-0.39, 0.29) is 5.76 Å². The number of esters is 1. The number of hydrogen-bond acceptors (Lipinski definition) is 2. The Balaban J connectivity index is 0.00000190. The lowest BCUT2D eigenvalue weighted by Crippen LogP contribution is -2.06. The van der Waals surface area contributed by atoms with Crippen LogP contribution in [0, 0.1) is 0 Å². The molecule has 4 heteroatoms. The van der Waals surface area contributed by atoms with Crippen LogP contribution in [0.5, 0.6) is 0 Å². The van der Waals surface area contributed by atoms with Gasteiger partial charge in [-0.3, -0.25) is 0 Å². The zero-order chi connectivity index (χ0) is 20.9. The Morgan fingerprint density at radius 2 is 1.54 bits per heavy atom. The van der Waals surface area contributed by atoms with Crippen molar-refractivity contribution in [3.63, 3.8) is 0 Å². The molecule has 28 heavy (non-hydrogen) atoms. The summed E-state index contributed by atoms with van der Waals surface area (Å²) in [5.74, 6) is -2.02. The largest absolute Gasteiger partial charge is 0.424 e. The predicted octanol–water partition coefficient (Wildman–Crippen LogP) is 7.94. The zero-order valence-electron chi connectivity index (χ0n) is 17.3. The SMILES string of the molecule is C=C(/C=C\C(F)=C(/C)F)OC(=O)c1ccc(C2CCCCCCC2)cc1.CC. The normalized spacial score (nSPS) is 16.3. The molecule has 0 N–H and O–H groups in total. The van der Waals surface area contributed by atoms with Crippen molar-refractivity contribution in [1.82, 2.24) is 0 Å². The molecule has 0 aromatic heterocycles. The summed E-state index contributed by atoms with van der Waals surface area (Å²) < 4.78 is 30.7. The lowest BCUT2D eigenvalue weighted by molar-refractivity contribution is 0.0638. The van der Waals surface area contributed by atoms with Crippen LogP contribution in [0.1, 0.15) is 87.6 Å². The minimum Gasteiger partial charge on any atom is -0.424 e. The fraction of sp³-hybridized carbons (Fsp3) is 0.458. The Bertz CT molecular complexity index is 675. The van der Waals surface area contributed by atoms with E-state index < -0.39 is 17.6 Å². The summed E-state index contributed by atoms with van der Waals surface area (Å²) in [5, 5.41) is 0. The molecule has 0 atom stereocenters. The molecule has 1 fully saturated rings. The molecule has 1 aromatic carbocycles. The van der Waals surface area contributed by atoms with Crippen molar-refractivity contribution in [3.8, 4) is 0 Å². The number of rotatable bonds is 5. The van der Waals surface area contributed by atoms with Crippen molar-refractivity contribution in [2.24, 2.45) is 0 Å². The van der Waals surface area contributed by atoms with Gasteiger partial charge >= 0.3 is 5.97 Å². The summed E-state index contributed by atoms with van der Waals surface area (Å²) >= 11 is 0. The van der Waals surface area contributed by atoms with Crippen molar-refractivity contribution in [2.45, 2.75) is 71.6 Å². The van der Waals surface area contributed by atoms with Crippen molar-refractivity contribution >= 4 is 5.97 Å². The highest BCUT2D eigenvalue weighted by Gasteiger charge is 2.15. The highest BCUT2D eigenvalue weighted by atomic mass is 19.2. The first-order valence-corrected chi connectivity index (χ1v) is 10.2. The molecule has 1 aliphatic carbocycles. The number of hydrogen-bond donors (Lipinski definition) is 0. The van der Waals surface area contributed by atoms with E-state index in [4.69, 9.17) is 4.74 Å². The van der Waals surface area contributed by atoms with E-state index >= 15 is 0 Å². The smallest absolute Gasteiger partial charge is 0.343 e. The van der Waals surface area contributed by atoms with Gasteiger partial charge in [-0.2, -0.15) is 0 Å². The minimum atomic E-state index is -1.02. The number of carbonyl (C=O) groups excluding carboxylic acids is 1. The molecule has 2 rings (SSSR count). The molecular formula is C24H32F2O2. The van der Waals surface area contributed by atoms with Gasteiger partial charge in [0.15, 0.2) is 5.83 Å². The molecule has 0 radical (unpaired) electrons. The Hall–Kier alpha value is -2.23. The average Bonchev–Trinajstić information content (AvgIpc) is 2.67. The average molecular weight is 391 g/mol. The van der Waals surface area contributed by atoms with Gasteiger partial charge in [0.05, 0.1) is 5.56 Å². The molecule has 0 amide bonds. The Morgan fingerprint density at radius 3 is 2.07 bits per heavy atom. The van der Waals surface area contributed by atoms with Gasteiger partial charge in [-0.25, -0.2) is 13.6 Å². The maximum absolute atomic E-state index is 13.1. The first-order chi connectivity index (χ1) is 13.5. The summed E-state index contributed by atoms with van der Waals surface area (Å²) in [7, 11) is 0. The molecule has 0 unspecified atom stereocenters. The van der Waals surface area contributed by atoms with E-state index in [1.54, 1.807) is 12.1 Å². The molecule has 0 bridgehead atoms. The summed E-state index contributed by atoms with van der Waals surface area (Å²) in [6, 6.07) is 7.46. The third-order valence-corrected chi connectivity index (χ3v) is 4.69. The van der Waals surface area contributed by atoms with E-state index in [1.165, 1.54) is 50.5 Å². The number of ether oxygens (including phenoxy) is 1. The first kappa shape index (κ1) is 23.8. The van der Waals surface area contributed by atoms with E-state index in [1.807, 2.05) is 26.0 Å². The molecule has 1 aliphatic rings. The van der Waals surface area contributed by atoms with Gasteiger partial charge in [0.1, 0.15) is 11.6 Å². The van der Waals surface area contributed by atoms with Crippen molar-refractivity contribution in [3.05, 3.63) is 71.5 Å². The number of halogens is 2. The van der Waals surface area contributed by atoms with Crippen LogP contribution in [-0.4, -0.2) is 5.97 Å². The summed E-state index contributed by atoms with van der Waals surface area (Å²) in [4.78, 5) is 12.1. The maximum atomic E-state index is 13.1. The van der Waals surface area contributed by atoms with Gasteiger partial charge < -0.3 is 4.74 Å². The molecule has 0 spiro atoms. The van der Waals surface area contributed by atoms with E-state index in [0.717, 1.165) is 19.1 Å². The van der Waals surface area contributed by atoms with Crippen LogP contribution in [0.15, 0.2) is 60.4 Å². The van der Waals surface area contributed by atoms with Crippen LogP contribution in [0.4, 0.5) is 8.78 Å². The maximum Gasteiger partial charge on any atom is 0.343 e. The van der Waals surface area contributed by atoms with Crippen LogP contribution >= 0.6 is 0 Å². The molecule has 0 heterocycles. The second kappa shape index (κ2) is 13.0. The van der Waals surface area contributed by atoms with E-state index in [0.29, 0.717) is 11.5 Å². The van der Waals surface area contributed by atoms with Crippen LogP contribution in [0.2, 0.25) is 0 Å². The molecule has 154 valence electrons. The molecule has 1 saturated carbocycles. The van der Waals surface area contributed by atoms with Crippen LogP contribution in [0.25, 0.3) is 0 Å². The Labute approximate surface area is 168 Å². The van der Waals surface area contributed by atoms with Crippen LogP contribution < -0.4 is 0 Å². The minimum absolute atomic E-state index is 0.0458. The van der Waals surface area contributed by atoms with Crippen LogP contribution in [-0.2, 0) is 4.74 Å². The van der Waals surface area contributed by atoms with Crippen molar-refractivity contribution < 1.29 is 18.3 Å². The second-order valence-corrected chi connectivity index (χ2v) is 6.73. The third kappa shape index (κ3) is 8.20. The molecular weight excluding hydrogens is 358 g/mol. The fourth-order valence-corrected chi connectivity index (χ4v) is 3.17. The number of allylic oxidation sites excluding steroid dienone is 4. The monoisotopic (exact) mass is 390 g/mol. The lowest BCUT2D eigenvalue weighted by Gasteiger charge is -2.20. The Morgan fingerprint density at radius 1 is 1.00 bits per heavy atom. The zero-order valence-corrected chi connectivity index (χ0v) is 17.3. The van der Waals surface area contributed by atoms with Crippen molar-refractivity contribution in [1.29, 1.82) is 0 Å². The van der Waals surface area contributed by atoms with E-state index in [2.05, 4.69) is 6.58 Å². The molecule has 0 saturated heterocycles. The van der Waals surface area contributed by atoms with Gasteiger partial charge in [0.2, 0.25) is 0 Å². The molecule has 2 nitrogen and oxygen atoms in total. The summed E-state index contributed by atoms with van der Waals surface area (Å²) in [6.07, 6.45) is 10.8. The number of carbonyl (C=O) groups is 1. The molecule has 0 aliphatic heterocycles. The fourth-order valence-electron chi connectivity index (χ4n) is 3.17. The van der Waals surface area contributed by atoms with Crippen LogP contribution in [0.3, 0.4) is 0 Å². The summed E-state index contributed by atoms with van der Waals surface area (Å²) in [5.41, 5.74) is 1.67. The highest BCUT2D eigenvalue weighted by Crippen LogP contribution is 2.31. The molecule has 1 aromatic rings. The van der Waals surface area contributed by atoms with Gasteiger partial charge in [0.25, 0.3) is 0 Å². The first-order valence-electron chi connectivity index (χ1n) is 10.2. The van der Waals surface area contributed by atoms with Crippen molar-refractivity contribution in [2.75, 3.05) is 0 Å². The third-order valence-electron chi connectivity index (χ3n) is 4.69. The van der Waals surface area contributed by atoms with Gasteiger partial charge in [-0.05, 0) is 55.5 Å². The standard InChI is InChI=1S/C22H26F2O2.C2H6/c1-16(10-15-21(24)17(2)23)26-22(25)20-13-11-19(12-14-20)18-8-6-4-3-5-7-9-18;1-2/h10-15,18H,1,3-9H2,2H3;1-2H3/b15-10-,21-17-;. The van der Waals surface area contributed by atoms with Gasteiger partial charge in [-0.15, -0.1) is 0 Å². The van der Waals surface area contributed by atoms with Gasteiger partial charge in [-0.1, -0.05) is 64.7 Å². The van der Waals surface area contributed by atoms with E-state index in [9.17, 15) is 13.6 Å².